The van der Waals surface area contributed by atoms with Gasteiger partial charge in [0.2, 0.25) is 5.91 Å². The Bertz CT molecular complexity index is 1090. The number of likely N-dealkylation sites (tertiary alicyclic amines) is 1. The minimum Gasteiger partial charge on any atom is -0.497 e. The Morgan fingerprint density at radius 2 is 1.76 bits per heavy atom. The minimum atomic E-state index is -0.302. The van der Waals surface area contributed by atoms with Crippen molar-refractivity contribution in [2.24, 2.45) is 0 Å². The van der Waals surface area contributed by atoms with Crippen LogP contribution in [0, 0.1) is 5.82 Å². The highest BCUT2D eigenvalue weighted by atomic mass is 32.1. The normalized spacial score (nSPS) is 14.2. The van der Waals surface area contributed by atoms with Gasteiger partial charge in [0.25, 0.3) is 5.91 Å². The highest BCUT2D eigenvalue weighted by Gasteiger charge is 2.26. The highest BCUT2D eigenvalue weighted by molar-refractivity contribution is 7.09. The smallest absolute Gasteiger partial charge is 0.271 e. The van der Waals surface area contributed by atoms with E-state index in [2.05, 4.69) is 10.3 Å². The Hall–Kier alpha value is -3.26. The zero-order valence-corrected chi connectivity index (χ0v) is 19.2. The molecule has 0 atom stereocenters. The minimum absolute atomic E-state index is 0.0535. The molecule has 1 aliphatic rings. The number of rotatable bonds is 7. The summed E-state index contributed by atoms with van der Waals surface area (Å²) in [5, 5.41) is 5.64. The van der Waals surface area contributed by atoms with Gasteiger partial charge in [0.1, 0.15) is 17.3 Å². The molecule has 0 bridgehead atoms. The fraction of sp³-hybridized carbons (Fsp3) is 0.320. The van der Waals surface area contributed by atoms with Gasteiger partial charge in [-0.15, -0.1) is 11.3 Å². The SMILES string of the molecule is COc1ccc(CNC(=O)c2csc(C3CCN(C(=O)Cc4ccc(F)cc4)CC3)n2)cc1. The van der Waals surface area contributed by atoms with E-state index in [1.165, 1.54) is 23.5 Å². The van der Waals surface area contributed by atoms with Crippen molar-refractivity contribution in [3.8, 4) is 5.75 Å². The Labute approximate surface area is 196 Å². The Kier molecular flexibility index (Phi) is 7.34. The van der Waals surface area contributed by atoms with Gasteiger partial charge in [-0.25, -0.2) is 9.37 Å². The van der Waals surface area contributed by atoms with E-state index in [1.807, 2.05) is 29.2 Å². The van der Waals surface area contributed by atoms with Gasteiger partial charge < -0.3 is 15.0 Å². The molecule has 1 fully saturated rings. The number of thiazole rings is 1. The van der Waals surface area contributed by atoms with Crippen molar-refractivity contribution >= 4 is 23.2 Å². The maximum atomic E-state index is 13.1. The van der Waals surface area contributed by atoms with Crippen LogP contribution in [0.15, 0.2) is 53.9 Å². The first-order valence-corrected chi connectivity index (χ1v) is 11.8. The number of nitrogens with one attached hydrogen (secondary N) is 1. The number of methoxy groups -OCH3 is 1. The lowest BCUT2D eigenvalue weighted by atomic mass is 9.97. The van der Waals surface area contributed by atoms with E-state index in [-0.39, 0.29) is 30.0 Å². The monoisotopic (exact) mass is 467 g/mol. The van der Waals surface area contributed by atoms with Crippen molar-refractivity contribution in [2.75, 3.05) is 20.2 Å². The van der Waals surface area contributed by atoms with E-state index in [1.54, 1.807) is 24.6 Å². The van der Waals surface area contributed by atoms with Crippen LogP contribution in [0.25, 0.3) is 0 Å². The fourth-order valence-corrected chi connectivity index (χ4v) is 4.83. The van der Waals surface area contributed by atoms with Crippen molar-refractivity contribution in [1.82, 2.24) is 15.2 Å². The van der Waals surface area contributed by atoms with Crippen molar-refractivity contribution < 1.29 is 18.7 Å². The molecule has 3 aromatic rings. The van der Waals surface area contributed by atoms with E-state index >= 15 is 0 Å². The van der Waals surface area contributed by atoms with Crippen LogP contribution in [-0.4, -0.2) is 41.9 Å². The molecule has 8 heteroatoms. The van der Waals surface area contributed by atoms with E-state index in [4.69, 9.17) is 4.74 Å². The molecule has 1 N–H and O–H groups in total. The number of ether oxygens (including phenoxy) is 1. The molecule has 172 valence electrons. The molecule has 1 saturated heterocycles. The first-order chi connectivity index (χ1) is 16.0. The molecule has 1 aliphatic heterocycles. The highest BCUT2D eigenvalue weighted by Crippen LogP contribution is 2.30. The molecule has 0 spiro atoms. The molecule has 4 rings (SSSR count). The maximum Gasteiger partial charge on any atom is 0.271 e. The first kappa shape index (κ1) is 22.9. The van der Waals surface area contributed by atoms with Crippen LogP contribution < -0.4 is 10.1 Å². The molecule has 0 unspecified atom stereocenters. The standard InChI is InChI=1S/C25H26FN3O3S/c1-32-21-8-4-18(5-9-21)15-27-24(31)22-16-33-25(28-22)19-10-12-29(13-11-19)23(30)14-17-2-6-20(26)7-3-17/h2-9,16,19H,10-15H2,1H3,(H,27,31). The van der Waals surface area contributed by atoms with Crippen molar-refractivity contribution in [3.05, 3.63) is 81.6 Å². The van der Waals surface area contributed by atoms with Gasteiger partial charge in [-0.05, 0) is 48.2 Å². The van der Waals surface area contributed by atoms with Crippen molar-refractivity contribution in [1.29, 1.82) is 0 Å². The third-order valence-electron chi connectivity index (χ3n) is 5.83. The summed E-state index contributed by atoms with van der Waals surface area (Å²) in [5.74, 6) is 0.577. The molecule has 2 aromatic carbocycles. The van der Waals surface area contributed by atoms with Gasteiger partial charge >= 0.3 is 0 Å². The summed E-state index contributed by atoms with van der Waals surface area (Å²) in [6.07, 6.45) is 1.91. The molecule has 33 heavy (non-hydrogen) atoms. The average molecular weight is 468 g/mol. The zero-order valence-electron chi connectivity index (χ0n) is 18.4. The van der Waals surface area contributed by atoms with Gasteiger partial charge in [-0.2, -0.15) is 0 Å². The third-order valence-corrected chi connectivity index (χ3v) is 6.84. The Morgan fingerprint density at radius 3 is 2.42 bits per heavy atom. The van der Waals surface area contributed by atoms with Crippen LogP contribution in [-0.2, 0) is 17.8 Å². The number of hydrogen-bond acceptors (Lipinski definition) is 5. The summed E-state index contributed by atoms with van der Waals surface area (Å²) in [7, 11) is 1.62. The number of carbonyl (C=O) groups is 2. The van der Waals surface area contributed by atoms with Crippen molar-refractivity contribution in [3.63, 3.8) is 0 Å². The summed E-state index contributed by atoms with van der Waals surface area (Å²) in [6.45, 7) is 1.73. The molecule has 2 heterocycles. The fourth-order valence-electron chi connectivity index (χ4n) is 3.86. The molecule has 2 amide bonds. The molecule has 6 nitrogen and oxygen atoms in total. The summed E-state index contributed by atoms with van der Waals surface area (Å²) in [4.78, 5) is 31.5. The lowest BCUT2D eigenvalue weighted by Gasteiger charge is -2.31. The lowest BCUT2D eigenvalue weighted by Crippen LogP contribution is -2.38. The number of amides is 2. The predicted molar refractivity (Wildman–Crippen MR) is 125 cm³/mol. The van der Waals surface area contributed by atoms with Gasteiger partial charge in [-0.1, -0.05) is 24.3 Å². The largest absolute Gasteiger partial charge is 0.497 e. The summed E-state index contributed by atoms with van der Waals surface area (Å²) < 4.78 is 18.2. The van der Waals surface area contributed by atoms with Crippen LogP contribution in [0.3, 0.4) is 0 Å². The summed E-state index contributed by atoms with van der Waals surface area (Å²) in [5.41, 5.74) is 2.23. The Balaban J connectivity index is 1.26. The number of halogens is 1. The topological polar surface area (TPSA) is 71.5 Å². The molecule has 0 radical (unpaired) electrons. The van der Waals surface area contributed by atoms with Crippen LogP contribution in [0.1, 0.15) is 45.4 Å². The number of aromatic nitrogens is 1. The second-order valence-electron chi connectivity index (χ2n) is 8.06. The van der Waals surface area contributed by atoms with E-state index in [0.29, 0.717) is 25.3 Å². The van der Waals surface area contributed by atoms with Crippen LogP contribution in [0.2, 0.25) is 0 Å². The number of hydrogen-bond donors (Lipinski definition) is 1. The van der Waals surface area contributed by atoms with E-state index < -0.39 is 0 Å². The maximum absolute atomic E-state index is 13.1. The number of carbonyl (C=O) groups excluding carboxylic acids is 2. The molecular weight excluding hydrogens is 441 g/mol. The van der Waals surface area contributed by atoms with Crippen molar-refractivity contribution in [2.45, 2.75) is 31.7 Å². The lowest BCUT2D eigenvalue weighted by molar-refractivity contribution is -0.131. The van der Waals surface area contributed by atoms with Gasteiger partial charge in [0.15, 0.2) is 0 Å². The quantitative estimate of drug-likeness (QED) is 0.566. The number of nitrogens with zero attached hydrogens (tertiary/aromatic N) is 2. The van der Waals surface area contributed by atoms with Gasteiger partial charge in [0.05, 0.1) is 18.5 Å². The number of piperidine rings is 1. The second kappa shape index (κ2) is 10.6. The molecule has 0 saturated carbocycles. The number of benzene rings is 2. The van der Waals surface area contributed by atoms with Crippen LogP contribution >= 0.6 is 11.3 Å². The van der Waals surface area contributed by atoms with Crippen LogP contribution in [0.5, 0.6) is 5.75 Å². The first-order valence-electron chi connectivity index (χ1n) is 10.9. The van der Waals surface area contributed by atoms with Gasteiger partial charge in [-0.3, -0.25) is 9.59 Å². The van der Waals surface area contributed by atoms with E-state index in [0.717, 1.165) is 34.7 Å². The second-order valence-corrected chi connectivity index (χ2v) is 8.95. The Morgan fingerprint density at radius 1 is 1.09 bits per heavy atom. The van der Waals surface area contributed by atoms with E-state index in [9.17, 15) is 14.0 Å². The average Bonchev–Trinajstić information content (AvgIpc) is 3.35. The summed E-state index contributed by atoms with van der Waals surface area (Å²) >= 11 is 1.50. The van der Waals surface area contributed by atoms with Crippen LogP contribution in [0.4, 0.5) is 4.39 Å². The predicted octanol–water partition coefficient (Wildman–Crippen LogP) is 4.17. The molecular formula is C25H26FN3O3S. The molecule has 0 aliphatic carbocycles. The third kappa shape index (κ3) is 5.96. The molecule has 1 aromatic heterocycles. The zero-order chi connectivity index (χ0) is 23.2. The van der Waals surface area contributed by atoms with Gasteiger partial charge in [0, 0.05) is 30.9 Å². The summed E-state index contributed by atoms with van der Waals surface area (Å²) in [6, 6.07) is 13.6.